The Morgan fingerprint density at radius 3 is 1.88 bits per heavy atom. The first kappa shape index (κ1) is 15.9. The highest BCUT2D eigenvalue weighted by Gasteiger charge is 2.47. The highest BCUT2D eigenvalue weighted by Crippen LogP contribution is 2.38. The summed E-state index contributed by atoms with van der Waals surface area (Å²) in [5.41, 5.74) is 2.50. The van der Waals surface area contributed by atoms with Gasteiger partial charge in [0.05, 0.1) is 18.4 Å². The molecule has 2 amide bonds. The first-order valence-corrected chi connectivity index (χ1v) is 9.68. The average molecular weight is 325 g/mol. The summed E-state index contributed by atoms with van der Waals surface area (Å²) >= 11 is 0. The maximum atomic E-state index is 12.7. The van der Waals surface area contributed by atoms with Crippen LogP contribution in [0.5, 0.6) is 0 Å². The summed E-state index contributed by atoms with van der Waals surface area (Å²) in [6.45, 7) is 0.454. The third-order valence-corrected chi connectivity index (χ3v) is 6.33. The van der Waals surface area contributed by atoms with Gasteiger partial charge in [0.2, 0.25) is 11.8 Å². The van der Waals surface area contributed by atoms with Crippen LogP contribution in [0, 0.1) is 11.8 Å². The fourth-order valence-corrected chi connectivity index (χ4v) is 4.90. The van der Waals surface area contributed by atoms with Gasteiger partial charge in [0.1, 0.15) is 0 Å². The minimum atomic E-state index is -0.0437. The molecule has 4 rings (SSSR count). The van der Waals surface area contributed by atoms with Crippen molar-refractivity contribution >= 4 is 11.8 Å². The zero-order chi connectivity index (χ0) is 16.5. The molecule has 2 saturated carbocycles. The van der Waals surface area contributed by atoms with E-state index in [1.807, 2.05) is 0 Å². The SMILES string of the molecule is O=C1C2CCCCCC2C(=O)N1Cc1ccc(C2CCCC2)cc1. The van der Waals surface area contributed by atoms with Crippen LogP contribution in [-0.2, 0) is 16.1 Å². The van der Waals surface area contributed by atoms with Crippen LogP contribution in [0.25, 0.3) is 0 Å². The van der Waals surface area contributed by atoms with Gasteiger partial charge in [-0.2, -0.15) is 0 Å². The number of benzene rings is 1. The van der Waals surface area contributed by atoms with E-state index in [0.29, 0.717) is 12.5 Å². The van der Waals surface area contributed by atoms with Crippen molar-refractivity contribution in [2.24, 2.45) is 11.8 Å². The van der Waals surface area contributed by atoms with E-state index in [1.165, 1.54) is 36.1 Å². The smallest absolute Gasteiger partial charge is 0.233 e. The third-order valence-electron chi connectivity index (χ3n) is 6.33. The van der Waals surface area contributed by atoms with E-state index in [2.05, 4.69) is 24.3 Å². The Morgan fingerprint density at radius 2 is 1.29 bits per heavy atom. The van der Waals surface area contributed by atoms with Gasteiger partial charge in [-0.1, -0.05) is 56.4 Å². The number of hydrogen-bond donors (Lipinski definition) is 0. The van der Waals surface area contributed by atoms with Crippen LogP contribution < -0.4 is 0 Å². The lowest BCUT2D eigenvalue weighted by molar-refractivity contribution is -0.140. The van der Waals surface area contributed by atoms with Gasteiger partial charge in [0.15, 0.2) is 0 Å². The van der Waals surface area contributed by atoms with Crippen LogP contribution in [0.4, 0.5) is 0 Å². The maximum absolute atomic E-state index is 12.7. The number of carbonyl (C=O) groups is 2. The number of rotatable bonds is 3. The topological polar surface area (TPSA) is 37.4 Å². The molecule has 1 aromatic carbocycles. The number of hydrogen-bond acceptors (Lipinski definition) is 2. The zero-order valence-electron chi connectivity index (χ0n) is 14.4. The Labute approximate surface area is 144 Å². The van der Waals surface area contributed by atoms with E-state index >= 15 is 0 Å². The number of imide groups is 1. The van der Waals surface area contributed by atoms with Crippen LogP contribution >= 0.6 is 0 Å². The third kappa shape index (κ3) is 2.89. The number of likely N-dealkylation sites (tertiary alicyclic amines) is 1. The average Bonchev–Trinajstić information content (AvgIpc) is 3.11. The van der Waals surface area contributed by atoms with Crippen LogP contribution in [0.2, 0.25) is 0 Å². The molecule has 0 spiro atoms. The lowest BCUT2D eigenvalue weighted by Gasteiger charge is -2.16. The molecule has 1 saturated heterocycles. The second-order valence-corrected chi connectivity index (χ2v) is 7.84. The minimum absolute atomic E-state index is 0.0437. The predicted molar refractivity (Wildman–Crippen MR) is 93.3 cm³/mol. The summed E-state index contributed by atoms with van der Waals surface area (Å²) in [4.78, 5) is 26.9. The Hall–Kier alpha value is -1.64. The van der Waals surface area contributed by atoms with Gasteiger partial charge in [-0.05, 0) is 42.7 Å². The number of fused-ring (bicyclic) bond motifs is 1. The molecule has 2 unspecified atom stereocenters. The van der Waals surface area contributed by atoms with Crippen LogP contribution in [0.15, 0.2) is 24.3 Å². The zero-order valence-corrected chi connectivity index (χ0v) is 14.4. The van der Waals surface area contributed by atoms with Crippen molar-refractivity contribution in [3.05, 3.63) is 35.4 Å². The van der Waals surface area contributed by atoms with E-state index < -0.39 is 0 Å². The van der Waals surface area contributed by atoms with Crippen LogP contribution in [0.1, 0.15) is 74.8 Å². The van der Waals surface area contributed by atoms with E-state index in [1.54, 1.807) is 0 Å². The van der Waals surface area contributed by atoms with E-state index in [-0.39, 0.29) is 23.7 Å². The number of carbonyl (C=O) groups excluding carboxylic acids is 2. The van der Waals surface area contributed by atoms with Crippen molar-refractivity contribution in [3.8, 4) is 0 Å². The van der Waals surface area contributed by atoms with Crippen LogP contribution in [-0.4, -0.2) is 16.7 Å². The summed E-state index contributed by atoms with van der Waals surface area (Å²) < 4.78 is 0. The molecular weight excluding hydrogens is 298 g/mol. The highest BCUT2D eigenvalue weighted by atomic mass is 16.2. The Bertz CT molecular complexity index is 591. The quantitative estimate of drug-likeness (QED) is 0.772. The lowest BCUT2D eigenvalue weighted by atomic mass is 9.91. The molecule has 3 aliphatic rings. The van der Waals surface area contributed by atoms with Gasteiger partial charge in [-0.3, -0.25) is 14.5 Å². The molecule has 24 heavy (non-hydrogen) atoms. The molecule has 0 bridgehead atoms. The van der Waals surface area contributed by atoms with Crippen molar-refractivity contribution < 1.29 is 9.59 Å². The fraction of sp³-hybridized carbons (Fsp3) is 0.619. The molecule has 128 valence electrons. The predicted octanol–water partition coefficient (Wildman–Crippen LogP) is 4.41. The molecule has 2 aliphatic carbocycles. The normalized spacial score (nSPS) is 28.2. The first-order valence-electron chi connectivity index (χ1n) is 9.68. The first-order chi connectivity index (χ1) is 11.7. The lowest BCUT2D eigenvalue weighted by Crippen LogP contribution is -2.30. The second kappa shape index (κ2) is 6.70. The van der Waals surface area contributed by atoms with Crippen molar-refractivity contribution in [3.63, 3.8) is 0 Å². The molecule has 0 radical (unpaired) electrons. The van der Waals surface area contributed by atoms with Crippen molar-refractivity contribution in [1.29, 1.82) is 0 Å². The number of amides is 2. The monoisotopic (exact) mass is 325 g/mol. The molecular formula is C21H27NO2. The molecule has 3 heteroatoms. The molecule has 2 atom stereocenters. The molecule has 1 heterocycles. The molecule has 3 fully saturated rings. The summed E-state index contributed by atoms with van der Waals surface area (Å²) in [5, 5.41) is 0. The van der Waals surface area contributed by atoms with Crippen molar-refractivity contribution in [1.82, 2.24) is 4.90 Å². The maximum Gasteiger partial charge on any atom is 0.233 e. The Kier molecular flexibility index (Phi) is 4.43. The van der Waals surface area contributed by atoms with E-state index in [0.717, 1.165) is 37.7 Å². The molecule has 3 nitrogen and oxygen atoms in total. The second-order valence-electron chi connectivity index (χ2n) is 7.84. The van der Waals surface area contributed by atoms with Gasteiger partial charge in [-0.15, -0.1) is 0 Å². The molecule has 0 aromatic heterocycles. The minimum Gasteiger partial charge on any atom is -0.278 e. The molecule has 1 aromatic rings. The summed E-state index contributed by atoms with van der Waals surface area (Å²) in [5.74, 6) is 0.773. The fourth-order valence-electron chi connectivity index (χ4n) is 4.90. The Balaban J connectivity index is 1.46. The van der Waals surface area contributed by atoms with Gasteiger partial charge < -0.3 is 0 Å². The van der Waals surface area contributed by atoms with Gasteiger partial charge in [-0.25, -0.2) is 0 Å². The molecule has 1 aliphatic heterocycles. The summed E-state index contributed by atoms with van der Waals surface area (Å²) in [6.07, 6.45) is 10.4. The molecule has 0 N–H and O–H groups in total. The summed E-state index contributed by atoms with van der Waals surface area (Å²) in [6, 6.07) is 8.63. The van der Waals surface area contributed by atoms with E-state index in [4.69, 9.17) is 0 Å². The highest BCUT2D eigenvalue weighted by molar-refractivity contribution is 6.05. The summed E-state index contributed by atoms with van der Waals surface area (Å²) in [7, 11) is 0. The van der Waals surface area contributed by atoms with Crippen molar-refractivity contribution in [2.45, 2.75) is 70.3 Å². The standard InChI is InChI=1S/C21H27NO2/c23-20-18-8-2-1-3-9-19(18)21(24)22(20)14-15-10-12-17(13-11-15)16-6-4-5-7-16/h10-13,16,18-19H,1-9,14H2. The van der Waals surface area contributed by atoms with Crippen molar-refractivity contribution in [2.75, 3.05) is 0 Å². The largest absolute Gasteiger partial charge is 0.278 e. The van der Waals surface area contributed by atoms with E-state index in [9.17, 15) is 9.59 Å². The van der Waals surface area contributed by atoms with Gasteiger partial charge in [0, 0.05) is 0 Å². The Morgan fingerprint density at radius 1 is 0.750 bits per heavy atom. The van der Waals surface area contributed by atoms with Crippen LogP contribution in [0.3, 0.4) is 0 Å². The van der Waals surface area contributed by atoms with Gasteiger partial charge in [0.25, 0.3) is 0 Å². The number of nitrogens with zero attached hydrogens (tertiary/aromatic N) is 1. The van der Waals surface area contributed by atoms with Gasteiger partial charge >= 0.3 is 0 Å².